The lowest BCUT2D eigenvalue weighted by Crippen LogP contribution is -2.33. The van der Waals surface area contributed by atoms with Crippen LogP contribution in [0, 0.1) is 0 Å². The molecule has 1 aliphatic heterocycles. The van der Waals surface area contributed by atoms with Gasteiger partial charge in [0, 0.05) is 51.5 Å². The molecule has 0 fully saturated rings. The quantitative estimate of drug-likeness (QED) is 0.152. The lowest BCUT2D eigenvalue weighted by molar-refractivity contribution is 0.332. The summed E-state index contributed by atoms with van der Waals surface area (Å²) in [4.78, 5) is 9.79. The zero-order valence-corrected chi connectivity index (χ0v) is 51.4. The third kappa shape index (κ3) is 10.2. The van der Waals surface area contributed by atoms with Crippen molar-refractivity contribution in [2.24, 2.45) is 0 Å². The highest BCUT2D eigenvalue weighted by molar-refractivity contribution is 6.09. The molecule has 0 saturated carbocycles. The van der Waals surface area contributed by atoms with Gasteiger partial charge in [-0.25, -0.2) is 4.98 Å². The largest absolute Gasteiger partial charge is 0.457 e. The van der Waals surface area contributed by atoms with Crippen molar-refractivity contribution in [1.29, 1.82) is 0 Å². The predicted molar refractivity (Wildman–Crippen MR) is 354 cm³/mol. The van der Waals surface area contributed by atoms with E-state index in [9.17, 15) is 2.74 Å². The fourth-order valence-corrected chi connectivity index (χ4v) is 12.5. The predicted octanol–water partition coefficient (Wildman–Crippen LogP) is 21.8. The molecule has 2 aliphatic rings. The highest BCUT2D eigenvalue weighted by atomic mass is 16.5. The second-order valence-electron chi connectivity index (χ2n) is 28.7. The Balaban J connectivity index is 1.01. The van der Waals surface area contributed by atoms with Crippen LogP contribution in [0.1, 0.15) is 169 Å². The van der Waals surface area contributed by atoms with Crippen molar-refractivity contribution in [1.82, 2.24) is 9.55 Å². The molecule has 0 radical (unpaired) electrons. The second-order valence-corrected chi connectivity index (χ2v) is 28.7. The molecule has 0 unspecified atom stereocenters. The molecule has 0 amide bonds. The molecule has 8 aromatic carbocycles. The minimum absolute atomic E-state index is 0.0133. The Morgan fingerprint density at radius 2 is 1.07 bits per heavy atom. The van der Waals surface area contributed by atoms with Crippen LogP contribution in [0.3, 0.4) is 0 Å². The van der Waals surface area contributed by atoms with Crippen LogP contribution in [-0.4, -0.2) is 16.2 Å². The Morgan fingerprint density at radius 1 is 0.470 bits per heavy atom. The van der Waals surface area contributed by atoms with Gasteiger partial charge in [-0.3, -0.25) is 4.57 Å². The first-order valence-electron chi connectivity index (χ1n) is 33.9. The lowest BCUT2D eigenvalue weighted by atomic mass is 9.63. The number of benzene rings is 8. The Bertz CT molecular complexity index is 4640. The summed E-state index contributed by atoms with van der Waals surface area (Å²) in [6.45, 7) is 36.8. The maximum absolute atomic E-state index is 9.36. The van der Waals surface area contributed by atoms with Crippen LogP contribution in [0.25, 0.3) is 61.0 Å². The van der Waals surface area contributed by atoms with Crippen LogP contribution in [-0.2, 0) is 32.5 Å². The third-order valence-corrected chi connectivity index (χ3v) is 17.6. The Kier molecular flexibility index (Phi) is 10.9. The first-order chi connectivity index (χ1) is 42.9. The lowest BCUT2D eigenvalue weighted by Gasteiger charge is -2.42. The number of aromatic nitrogens is 2. The van der Waals surface area contributed by atoms with E-state index in [4.69, 9.17) is 19.3 Å². The molecule has 1 aliphatic carbocycles. The third-order valence-electron chi connectivity index (χ3n) is 17.6. The molecule has 12 rings (SSSR count). The number of pyridine rings is 1. The van der Waals surface area contributed by atoms with E-state index in [-0.39, 0.29) is 68.4 Å². The minimum Gasteiger partial charge on any atom is -0.457 e. The van der Waals surface area contributed by atoms with Gasteiger partial charge in [0.15, 0.2) is 0 Å². The van der Waals surface area contributed by atoms with Crippen LogP contribution in [0.4, 0.5) is 22.7 Å². The number of ether oxygens (including phenoxy) is 1. The maximum atomic E-state index is 9.36. The first kappa shape index (κ1) is 45.6. The molecule has 0 saturated heterocycles. The summed E-state index contributed by atoms with van der Waals surface area (Å²) < 4.78 is 88.0. The fourth-order valence-electron chi connectivity index (χ4n) is 12.5. The smallest absolute Gasteiger partial charge is 0.137 e. The van der Waals surface area contributed by atoms with Crippen molar-refractivity contribution in [3.8, 4) is 50.7 Å². The topological polar surface area (TPSA) is 33.5 Å². The van der Waals surface area contributed by atoms with Crippen molar-refractivity contribution >= 4 is 44.6 Å². The molecular formula is C78H84N4O. The Morgan fingerprint density at radius 3 is 1.73 bits per heavy atom. The number of nitrogens with zero attached hydrogens (tertiary/aromatic N) is 4. The van der Waals surface area contributed by atoms with Crippen LogP contribution >= 0.6 is 0 Å². The number of para-hydroxylation sites is 3. The van der Waals surface area contributed by atoms with Gasteiger partial charge in [0.1, 0.15) is 24.0 Å². The van der Waals surface area contributed by atoms with Gasteiger partial charge in [-0.2, -0.15) is 0 Å². The molecule has 0 spiro atoms. The summed E-state index contributed by atoms with van der Waals surface area (Å²) in [5, 5.41) is 0.855. The van der Waals surface area contributed by atoms with Gasteiger partial charge in [0.25, 0.3) is 0 Å². The van der Waals surface area contributed by atoms with Crippen molar-refractivity contribution in [3.63, 3.8) is 0 Å². The number of fused-ring (bicyclic) bond motifs is 5. The molecule has 3 heterocycles. The highest BCUT2D eigenvalue weighted by Crippen LogP contribution is 2.54. The molecule has 10 aromatic rings. The molecule has 5 heteroatoms. The van der Waals surface area contributed by atoms with Gasteiger partial charge in [-0.1, -0.05) is 214 Å². The molecule has 0 N–H and O–H groups in total. The van der Waals surface area contributed by atoms with Crippen LogP contribution in [0.15, 0.2) is 182 Å². The van der Waals surface area contributed by atoms with Gasteiger partial charge >= 0.3 is 0 Å². The van der Waals surface area contributed by atoms with E-state index >= 15 is 0 Å². The average Bonchev–Trinajstić information content (AvgIpc) is 1.46. The molecule has 0 bridgehead atoms. The molecule has 2 aromatic heterocycles. The van der Waals surface area contributed by atoms with E-state index in [1.165, 1.54) is 56.3 Å². The number of hydrogen-bond acceptors (Lipinski definition) is 4. The summed E-state index contributed by atoms with van der Waals surface area (Å²) in [5.74, 6) is 1.31. The zero-order chi connectivity index (χ0) is 66.6. The van der Waals surface area contributed by atoms with Crippen LogP contribution < -0.4 is 14.5 Å². The van der Waals surface area contributed by atoms with E-state index in [2.05, 4.69) is 185 Å². The standard InChI is InChI=1S/C78H84N4O/c1-73(2,3)53-39-52(40-54(42-53)74(4,5)6)62-44-55(75(7,8)9)43-61(51-33-36-64-66(41-51)78(15,16)38-37-77(64,13)14)72(62)81-49-80(68-31-22-23-32-69(68)81)56-27-24-28-57(45-56)83-58-34-35-60-59-29-20-21-30-67(59)82(70(60)46-58)71-47-65(76(10,11)12)63(48-79-71)50-25-18-17-19-26-50/h17-36,39-48H,37-38,49H2,1-16H3/i17D,18D,19D,20D,21D,25D,26D,29D,30D. The number of anilines is 4. The van der Waals surface area contributed by atoms with Gasteiger partial charge in [0.2, 0.25) is 0 Å². The monoisotopic (exact) mass is 1100 g/mol. The number of rotatable bonds is 8. The van der Waals surface area contributed by atoms with Gasteiger partial charge in [-0.05, 0) is 156 Å². The first-order valence-corrected chi connectivity index (χ1v) is 29.4. The van der Waals surface area contributed by atoms with Crippen LogP contribution in [0.2, 0.25) is 0 Å². The maximum Gasteiger partial charge on any atom is 0.137 e. The number of hydrogen-bond donors (Lipinski definition) is 0. The summed E-state index contributed by atoms with van der Waals surface area (Å²) in [6, 6.07) is 40.2. The van der Waals surface area contributed by atoms with Crippen molar-refractivity contribution < 1.29 is 17.1 Å². The summed E-state index contributed by atoms with van der Waals surface area (Å²) in [7, 11) is 0. The summed E-state index contributed by atoms with van der Waals surface area (Å²) in [6.07, 6.45) is 3.74. The molecule has 83 heavy (non-hydrogen) atoms. The molecular weight excluding hydrogens is 1010 g/mol. The van der Waals surface area contributed by atoms with E-state index in [1.807, 2.05) is 51.1 Å². The Labute approximate surface area is 507 Å². The average molecular weight is 1100 g/mol. The van der Waals surface area contributed by atoms with Gasteiger partial charge < -0.3 is 14.5 Å². The molecule has 0 atom stereocenters. The van der Waals surface area contributed by atoms with Gasteiger partial charge in [-0.15, -0.1) is 0 Å². The van der Waals surface area contributed by atoms with Gasteiger partial charge in [0.05, 0.1) is 40.4 Å². The van der Waals surface area contributed by atoms with Crippen molar-refractivity contribution in [2.45, 2.75) is 156 Å². The second kappa shape index (κ2) is 19.9. The van der Waals surface area contributed by atoms with Crippen LogP contribution in [0.5, 0.6) is 11.5 Å². The van der Waals surface area contributed by atoms with E-state index in [0.717, 1.165) is 35.6 Å². The normalized spacial score (nSPS) is 16.7. The van der Waals surface area contributed by atoms with Crippen molar-refractivity contribution in [3.05, 3.63) is 215 Å². The van der Waals surface area contributed by atoms with E-state index < -0.39 is 29.6 Å². The SMILES string of the molecule is [2H]c1c([2H])c([2H])c(-c2cnc(-n3c4cc(Oc5cccc(N6CN(c7c(-c8cc(C(C)(C)C)cc(C(C)(C)C)c8)cc(C(C)(C)C)cc7-c7ccc8c(c7)C(C)(C)CCC8(C)C)c7ccccc76)c5)ccc4c4c([2H])c([2H])c([2H])c([2H])c43)cc2C(C)(C)C)c([2H])c1[2H]. The zero-order valence-electron chi connectivity index (χ0n) is 60.4. The summed E-state index contributed by atoms with van der Waals surface area (Å²) in [5.41, 5.74) is 16.2. The van der Waals surface area contributed by atoms with E-state index in [0.29, 0.717) is 51.4 Å². The fraction of sp³-hybridized carbons (Fsp3) is 0.321. The molecule has 422 valence electrons. The highest BCUT2D eigenvalue weighted by Gasteiger charge is 2.39. The van der Waals surface area contributed by atoms with E-state index in [1.54, 1.807) is 10.6 Å². The van der Waals surface area contributed by atoms with Crippen molar-refractivity contribution in [2.75, 3.05) is 16.5 Å². The Hall–Kier alpha value is -7.89. The molecule has 5 nitrogen and oxygen atoms in total. The summed E-state index contributed by atoms with van der Waals surface area (Å²) >= 11 is 0. The minimum atomic E-state index is -0.660.